The van der Waals surface area contributed by atoms with Crippen molar-refractivity contribution in [3.8, 4) is 5.75 Å². The van der Waals surface area contributed by atoms with E-state index in [-0.39, 0.29) is 26.4 Å². The van der Waals surface area contributed by atoms with Gasteiger partial charge >= 0.3 is 0 Å². The van der Waals surface area contributed by atoms with E-state index in [0.717, 1.165) is 23.3 Å². The number of anilines is 1. The molecular weight excluding hydrogens is 445 g/mol. The van der Waals surface area contributed by atoms with Crippen molar-refractivity contribution in [3.63, 3.8) is 0 Å². The van der Waals surface area contributed by atoms with Gasteiger partial charge in [0.05, 0.1) is 15.3 Å². The van der Waals surface area contributed by atoms with E-state index in [0.29, 0.717) is 28.2 Å². The number of phenolic OH excluding ortho intramolecular Hbond substituents is 1. The van der Waals surface area contributed by atoms with Crippen LogP contribution in [-0.2, 0) is 6.54 Å². The Morgan fingerprint density at radius 2 is 1.90 bits per heavy atom. The first-order valence-electron chi connectivity index (χ1n) is 9.29. The minimum Gasteiger partial charge on any atom is -0.505 e. The van der Waals surface area contributed by atoms with Crippen molar-refractivity contribution >= 4 is 61.4 Å². The highest BCUT2D eigenvalue weighted by atomic mass is 35.5. The number of amides is 2. The maximum absolute atomic E-state index is 12.7. The number of hydrogen-bond acceptors (Lipinski definition) is 5. The Balaban J connectivity index is 1.87. The molecule has 0 spiro atoms. The van der Waals surface area contributed by atoms with Gasteiger partial charge in [-0.3, -0.25) is 9.59 Å². The zero-order valence-corrected chi connectivity index (χ0v) is 18.7. The lowest BCUT2D eigenvalue weighted by atomic mass is 10.1. The molecule has 1 aromatic heterocycles. The molecule has 0 fully saturated rings. The van der Waals surface area contributed by atoms with Gasteiger partial charge in [0, 0.05) is 23.5 Å². The van der Waals surface area contributed by atoms with E-state index in [1.807, 2.05) is 12.1 Å². The van der Waals surface area contributed by atoms with Crippen molar-refractivity contribution in [2.45, 2.75) is 32.9 Å². The second-order valence-electron chi connectivity index (χ2n) is 6.91. The van der Waals surface area contributed by atoms with Crippen LogP contribution in [0.5, 0.6) is 5.75 Å². The summed E-state index contributed by atoms with van der Waals surface area (Å²) in [6.45, 7) is 4.94. The summed E-state index contributed by atoms with van der Waals surface area (Å²) in [4.78, 5) is 24.8. The molecule has 5 N–H and O–H groups in total. The van der Waals surface area contributed by atoms with Gasteiger partial charge in [0.25, 0.3) is 11.8 Å². The predicted molar refractivity (Wildman–Crippen MR) is 123 cm³/mol. The van der Waals surface area contributed by atoms with Crippen molar-refractivity contribution in [3.05, 3.63) is 57.1 Å². The number of nitrogens with two attached hydrogens (primary N) is 1. The number of primary amides is 1. The second-order valence-corrected chi connectivity index (χ2v) is 8.72. The molecule has 1 heterocycles. The summed E-state index contributed by atoms with van der Waals surface area (Å²) >= 11 is 13.2. The number of fused-ring (bicyclic) bond motifs is 1. The third-order valence-corrected chi connectivity index (χ3v) is 6.71. The van der Waals surface area contributed by atoms with Crippen LogP contribution in [0.1, 0.15) is 46.5 Å². The van der Waals surface area contributed by atoms with Crippen LogP contribution in [-0.4, -0.2) is 23.0 Å². The van der Waals surface area contributed by atoms with Gasteiger partial charge in [-0.15, -0.1) is 11.3 Å². The number of carbonyl (C=O) groups excluding carboxylic acids is 2. The van der Waals surface area contributed by atoms with E-state index in [1.54, 1.807) is 12.1 Å². The number of phenols is 1. The normalized spacial score (nSPS) is 12.1. The lowest BCUT2D eigenvalue weighted by Gasteiger charge is -2.11. The molecule has 0 aliphatic heterocycles. The monoisotopic (exact) mass is 465 g/mol. The van der Waals surface area contributed by atoms with Gasteiger partial charge in [-0.1, -0.05) is 42.3 Å². The van der Waals surface area contributed by atoms with Crippen LogP contribution < -0.4 is 16.4 Å². The molecule has 0 saturated carbocycles. The molecule has 2 amide bonds. The highest BCUT2D eigenvalue weighted by Crippen LogP contribution is 2.46. The van der Waals surface area contributed by atoms with Crippen molar-refractivity contribution in [2.24, 2.45) is 5.73 Å². The van der Waals surface area contributed by atoms with Gasteiger partial charge in [-0.25, -0.2) is 0 Å². The Morgan fingerprint density at radius 1 is 1.23 bits per heavy atom. The van der Waals surface area contributed by atoms with E-state index in [1.165, 1.54) is 6.07 Å². The van der Waals surface area contributed by atoms with Gasteiger partial charge < -0.3 is 21.5 Å². The van der Waals surface area contributed by atoms with E-state index < -0.39 is 11.8 Å². The molecule has 0 saturated heterocycles. The molecule has 0 radical (unpaired) electrons. The maximum Gasteiger partial charge on any atom is 0.256 e. The summed E-state index contributed by atoms with van der Waals surface area (Å²) in [5, 5.41) is 16.7. The average Bonchev–Trinajstić information content (AvgIpc) is 3.08. The summed E-state index contributed by atoms with van der Waals surface area (Å²) in [6, 6.07) is 9.00. The largest absolute Gasteiger partial charge is 0.505 e. The molecule has 1 unspecified atom stereocenters. The topological polar surface area (TPSA) is 104 Å². The van der Waals surface area contributed by atoms with Crippen molar-refractivity contribution in [1.82, 2.24) is 5.32 Å². The lowest BCUT2D eigenvalue weighted by molar-refractivity contribution is 0.100. The third kappa shape index (κ3) is 4.54. The zero-order chi connectivity index (χ0) is 22.0. The Bertz CT molecular complexity index is 1110. The number of thiophene rings is 1. The minimum absolute atomic E-state index is 0.00339. The average molecular weight is 466 g/mol. The second kappa shape index (κ2) is 9.22. The van der Waals surface area contributed by atoms with Gasteiger partial charge in [0.2, 0.25) is 0 Å². The molecule has 0 bridgehead atoms. The Morgan fingerprint density at radius 3 is 2.50 bits per heavy atom. The Labute approximate surface area is 188 Å². The summed E-state index contributed by atoms with van der Waals surface area (Å²) in [6.07, 6.45) is 1.03. The molecule has 30 heavy (non-hydrogen) atoms. The SMILES string of the molecule is CCC(C)NCc1ccc(C(=O)Nc2sc3c(Cl)c(O)c(Cl)cc3c2C(N)=O)cc1. The maximum atomic E-state index is 12.7. The lowest BCUT2D eigenvalue weighted by Crippen LogP contribution is -2.24. The molecule has 0 aliphatic carbocycles. The number of aromatic hydroxyl groups is 1. The number of nitrogens with one attached hydrogen (secondary N) is 2. The molecule has 0 aliphatic rings. The first kappa shape index (κ1) is 22.4. The summed E-state index contributed by atoms with van der Waals surface area (Å²) in [5.74, 6) is -1.42. The highest BCUT2D eigenvalue weighted by Gasteiger charge is 2.23. The fourth-order valence-corrected chi connectivity index (χ4v) is 4.56. The molecule has 158 valence electrons. The molecular formula is C21H21Cl2N3O3S. The minimum atomic E-state index is -0.735. The predicted octanol–water partition coefficient (Wildman–Crippen LogP) is 5.15. The highest BCUT2D eigenvalue weighted by molar-refractivity contribution is 7.24. The van der Waals surface area contributed by atoms with Crippen molar-refractivity contribution in [2.75, 3.05) is 5.32 Å². The van der Waals surface area contributed by atoms with E-state index in [9.17, 15) is 14.7 Å². The number of benzene rings is 2. The molecule has 6 nitrogen and oxygen atoms in total. The first-order valence-corrected chi connectivity index (χ1v) is 10.9. The summed E-state index contributed by atoms with van der Waals surface area (Å²) in [5.41, 5.74) is 7.12. The molecule has 3 rings (SSSR count). The quantitative estimate of drug-likeness (QED) is 0.386. The van der Waals surface area contributed by atoms with Gasteiger partial charge in [0.1, 0.15) is 10.0 Å². The van der Waals surface area contributed by atoms with Gasteiger partial charge in [-0.05, 0) is 37.1 Å². The van der Waals surface area contributed by atoms with Crippen LogP contribution in [0, 0.1) is 0 Å². The van der Waals surface area contributed by atoms with Crippen LogP contribution in [0.2, 0.25) is 10.0 Å². The van der Waals surface area contributed by atoms with Crippen molar-refractivity contribution < 1.29 is 14.7 Å². The van der Waals surface area contributed by atoms with Crippen LogP contribution in [0.3, 0.4) is 0 Å². The summed E-state index contributed by atoms with van der Waals surface area (Å²) < 4.78 is 0.411. The Hall–Kier alpha value is -2.32. The standard InChI is InChI=1S/C21H21Cl2N3O3S/c1-3-10(2)25-9-11-4-6-12(7-5-11)20(29)26-21-15(19(24)28)13-8-14(22)17(27)16(23)18(13)30-21/h4-8,10,25,27H,3,9H2,1-2H3,(H2,24,28)(H,26,29). The van der Waals surface area contributed by atoms with E-state index in [2.05, 4.69) is 24.5 Å². The molecule has 1 atom stereocenters. The summed E-state index contributed by atoms with van der Waals surface area (Å²) in [7, 11) is 0. The molecule has 2 aromatic carbocycles. The van der Waals surface area contributed by atoms with Crippen molar-refractivity contribution in [1.29, 1.82) is 0 Å². The molecule has 9 heteroatoms. The number of rotatable bonds is 7. The molecule has 3 aromatic rings. The number of hydrogen-bond donors (Lipinski definition) is 4. The van der Waals surface area contributed by atoms with Gasteiger partial charge in [0.15, 0.2) is 5.75 Å². The fraction of sp³-hybridized carbons (Fsp3) is 0.238. The first-order chi connectivity index (χ1) is 14.2. The van der Waals surface area contributed by atoms with Gasteiger partial charge in [-0.2, -0.15) is 0 Å². The van der Waals surface area contributed by atoms with Crippen LogP contribution >= 0.6 is 34.5 Å². The fourth-order valence-electron chi connectivity index (χ4n) is 2.87. The van der Waals surface area contributed by atoms with Crippen LogP contribution in [0.15, 0.2) is 30.3 Å². The van der Waals surface area contributed by atoms with Crippen LogP contribution in [0.25, 0.3) is 10.1 Å². The van der Waals surface area contributed by atoms with E-state index in [4.69, 9.17) is 28.9 Å². The van der Waals surface area contributed by atoms with Crippen LogP contribution in [0.4, 0.5) is 5.00 Å². The Kier molecular flexibility index (Phi) is 6.88. The number of halogens is 2. The number of carbonyl (C=O) groups is 2. The zero-order valence-electron chi connectivity index (χ0n) is 16.4. The van der Waals surface area contributed by atoms with E-state index >= 15 is 0 Å². The smallest absolute Gasteiger partial charge is 0.256 e. The third-order valence-electron chi connectivity index (χ3n) is 4.81.